The van der Waals surface area contributed by atoms with Crippen LogP contribution in [0.25, 0.3) is 0 Å². The molecule has 148 valence electrons. The molecular weight excluding hydrogens is 374 g/mol. The van der Waals surface area contributed by atoms with Gasteiger partial charge in [-0.3, -0.25) is 19.3 Å². The van der Waals surface area contributed by atoms with Gasteiger partial charge in [0.2, 0.25) is 11.8 Å². The van der Waals surface area contributed by atoms with Gasteiger partial charge in [0.05, 0.1) is 32.7 Å². The van der Waals surface area contributed by atoms with Crippen molar-refractivity contribution in [1.29, 1.82) is 0 Å². The Morgan fingerprint density at radius 1 is 1.26 bits per heavy atom. The van der Waals surface area contributed by atoms with E-state index >= 15 is 0 Å². The topological polar surface area (TPSA) is 114 Å². The number of aryl methyl sites for hydroxylation is 1. The molecular formula is C17H23N3O6S. The van der Waals surface area contributed by atoms with E-state index in [1.165, 1.54) is 25.6 Å². The number of amides is 2. The van der Waals surface area contributed by atoms with E-state index in [1.807, 2.05) is 6.92 Å². The maximum Gasteiger partial charge on any atom is 0.341 e. The number of hydrogen-bond acceptors (Lipinski definition) is 8. The van der Waals surface area contributed by atoms with Crippen molar-refractivity contribution < 1.29 is 28.7 Å². The van der Waals surface area contributed by atoms with Crippen molar-refractivity contribution in [3.8, 4) is 0 Å². The van der Waals surface area contributed by atoms with Crippen molar-refractivity contribution in [3.05, 3.63) is 16.0 Å². The number of nitrogens with one attached hydrogen (secondary N) is 2. The van der Waals surface area contributed by atoms with Gasteiger partial charge in [-0.2, -0.15) is 0 Å². The Morgan fingerprint density at radius 3 is 2.59 bits per heavy atom. The smallest absolute Gasteiger partial charge is 0.341 e. The molecule has 2 N–H and O–H groups in total. The summed E-state index contributed by atoms with van der Waals surface area (Å²) in [5.41, 5.74) is 1.08. The normalized spacial score (nSPS) is 17.2. The van der Waals surface area contributed by atoms with Crippen LogP contribution in [0.5, 0.6) is 0 Å². The van der Waals surface area contributed by atoms with Gasteiger partial charge in [0.1, 0.15) is 11.0 Å². The average Bonchev–Trinajstić information content (AvgIpc) is 2.90. The summed E-state index contributed by atoms with van der Waals surface area (Å²) in [6.45, 7) is 4.35. The molecule has 1 aromatic heterocycles. The van der Waals surface area contributed by atoms with Gasteiger partial charge in [-0.15, -0.1) is 11.3 Å². The van der Waals surface area contributed by atoms with Gasteiger partial charge in [-0.05, 0) is 19.4 Å². The van der Waals surface area contributed by atoms with Gasteiger partial charge in [0, 0.05) is 18.0 Å². The van der Waals surface area contributed by atoms with Crippen molar-refractivity contribution >= 4 is 40.1 Å². The molecule has 0 aliphatic carbocycles. The van der Waals surface area contributed by atoms with Crippen molar-refractivity contribution in [3.63, 3.8) is 0 Å². The lowest BCUT2D eigenvalue weighted by atomic mass is 10.1. The monoisotopic (exact) mass is 397 g/mol. The maximum atomic E-state index is 12.5. The van der Waals surface area contributed by atoms with Crippen molar-refractivity contribution in [2.45, 2.75) is 26.3 Å². The van der Waals surface area contributed by atoms with Crippen LogP contribution in [0.1, 0.15) is 27.2 Å². The van der Waals surface area contributed by atoms with Crippen LogP contribution >= 0.6 is 11.3 Å². The van der Waals surface area contributed by atoms with Crippen LogP contribution < -0.4 is 10.6 Å². The Bertz CT molecular complexity index is 760. The molecule has 0 bridgehead atoms. The summed E-state index contributed by atoms with van der Waals surface area (Å²) in [6, 6.07) is -0.774. The number of rotatable bonds is 6. The largest absolute Gasteiger partial charge is 0.469 e. The Morgan fingerprint density at radius 2 is 1.96 bits per heavy atom. The van der Waals surface area contributed by atoms with Gasteiger partial charge in [-0.25, -0.2) is 4.79 Å². The van der Waals surface area contributed by atoms with Crippen LogP contribution in [-0.4, -0.2) is 68.5 Å². The third-order valence-electron chi connectivity index (χ3n) is 4.40. The number of carbonyl (C=O) groups is 4. The maximum absolute atomic E-state index is 12.5. The zero-order chi connectivity index (χ0) is 20.1. The lowest BCUT2D eigenvalue weighted by molar-refractivity contribution is -0.146. The van der Waals surface area contributed by atoms with Crippen LogP contribution in [0, 0.1) is 13.8 Å². The molecule has 1 unspecified atom stereocenters. The van der Waals surface area contributed by atoms with Gasteiger partial charge in [-0.1, -0.05) is 0 Å². The number of methoxy groups -OCH3 is 2. The molecule has 2 amide bonds. The Kier molecular flexibility index (Phi) is 6.92. The fourth-order valence-corrected chi connectivity index (χ4v) is 3.89. The first-order chi connectivity index (χ1) is 12.8. The second kappa shape index (κ2) is 8.96. The second-order valence-corrected chi connectivity index (χ2v) is 7.31. The number of ether oxygens (including phenoxy) is 2. The van der Waals surface area contributed by atoms with E-state index in [0.29, 0.717) is 23.7 Å². The van der Waals surface area contributed by atoms with Crippen molar-refractivity contribution in [2.75, 3.05) is 39.2 Å². The molecule has 1 saturated heterocycles. The summed E-state index contributed by atoms with van der Waals surface area (Å²) in [6.07, 6.45) is -0.139. The Labute approximate surface area is 161 Å². The third-order valence-corrected chi connectivity index (χ3v) is 5.53. The van der Waals surface area contributed by atoms with E-state index in [2.05, 4.69) is 15.4 Å². The number of anilines is 1. The molecule has 2 heterocycles. The minimum Gasteiger partial charge on any atom is -0.469 e. The highest BCUT2D eigenvalue weighted by molar-refractivity contribution is 7.16. The summed E-state index contributed by atoms with van der Waals surface area (Å²) in [7, 11) is 2.53. The molecule has 1 fully saturated rings. The summed E-state index contributed by atoms with van der Waals surface area (Å²) in [5, 5.41) is 5.81. The minimum atomic E-state index is -0.774. The van der Waals surface area contributed by atoms with E-state index < -0.39 is 18.0 Å². The van der Waals surface area contributed by atoms with E-state index in [9.17, 15) is 19.2 Å². The molecule has 9 nitrogen and oxygen atoms in total. The molecule has 1 aliphatic rings. The van der Waals surface area contributed by atoms with Crippen LogP contribution in [0.15, 0.2) is 0 Å². The minimum absolute atomic E-state index is 0.0916. The highest BCUT2D eigenvalue weighted by atomic mass is 32.1. The summed E-state index contributed by atoms with van der Waals surface area (Å²) >= 11 is 1.29. The third kappa shape index (κ3) is 4.83. The van der Waals surface area contributed by atoms with Crippen LogP contribution in [-0.2, 0) is 23.9 Å². The van der Waals surface area contributed by atoms with E-state index in [0.717, 1.165) is 10.4 Å². The predicted molar refractivity (Wildman–Crippen MR) is 98.8 cm³/mol. The molecule has 2 rings (SSSR count). The zero-order valence-corrected chi connectivity index (χ0v) is 16.5. The number of nitrogens with zero attached hydrogens (tertiary/aromatic N) is 1. The quantitative estimate of drug-likeness (QED) is 0.670. The number of piperazine rings is 1. The number of carbonyl (C=O) groups excluding carboxylic acids is 4. The Hall–Kier alpha value is -2.46. The molecule has 1 aliphatic heterocycles. The Balaban J connectivity index is 2.12. The van der Waals surface area contributed by atoms with Crippen LogP contribution in [0.2, 0.25) is 0 Å². The second-order valence-electron chi connectivity index (χ2n) is 6.08. The van der Waals surface area contributed by atoms with Crippen molar-refractivity contribution in [1.82, 2.24) is 10.2 Å². The van der Waals surface area contributed by atoms with Gasteiger partial charge < -0.3 is 20.1 Å². The molecule has 0 saturated carbocycles. The molecule has 1 aromatic rings. The highest BCUT2D eigenvalue weighted by Gasteiger charge is 2.33. The van der Waals surface area contributed by atoms with E-state index in [1.54, 1.807) is 11.8 Å². The van der Waals surface area contributed by atoms with Gasteiger partial charge in [0.15, 0.2) is 0 Å². The standard InChI is InChI=1S/C17H23N3O6S/c1-9-10(2)27-16(14(9)17(24)26-4)19-12(21)8-20-6-5-18-15(23)11(20)7-13(22)25-3/h11H,5-8H2,1-4H3,(H,18,23)(H,19,21). The fraction of sp³-hybridized carbons (Fsp3) is 0.529. The van der Waals surface area contributed by atoms with E-state index in [-0.39, 0.29) is 24.8 Å². The first kappa shape index (κ1) is 20.8. The SMILES string of the molecule is COC(=O)CC1C(=O)NCCN1CC(=O)Nc1sc(C)c(C)c1C(=O)OC. The van der Waals surface area contributed by atoms with Gasteiger partial charge in [0.25, 0.3) is 0 Å². The lowest BCUT2D eigenvalue weighted by Gasteiger charge is -2.33. The van der Waals surface area contributed by atoms with Crippen molar-refractivity contribution in [2.24, 2.45) is 0 Å². The molecule has 0 spiro atoms. The first-order valence-electron chi connectivity index (χ1n) is 8.35. The molecule has 0 aromatic carbocycles. The number of hydrogen-bond donors (Lipinski definition) is 2. The van der Waals surface area contributed by atoms with Crippen LogP contribution in [0.3, 0.4) is 0 Å². The number of esters is 2. The van der Waals surface area contributed by atoms with E-state index in [4.69, 9.17) is 4.74 Å². The summed E-state index contributed by atoms with van der Waals surface area (Å²) in [5.74, 6) is -1.75. The number of thiophene rings is 1. The average molecular weight is 397 g/mol. The highest BCUT2D eigenvalue weighted by Crippen LogP contribution is 2.32. The molecule has 27 heavy (non-hydrogen) atoms. The molecule has 0 radical (unpaired) electrons. The zero-order valence-electron chi connectivity index (χ0n) is 15.7. The fourth-order valence-electron chi connectivity index (χ4n) is 2.83. The lowest BCUT2D eigenvalue weighted by Crippen LogP contribution is -2.57. The molecule has 1 atom stereocenters. The van der Waals surface area contributed by atoms with Crippen LogP contribution in [0.4, 0.5) is 5.00 Å². The summed E-state index contributed by atoms with van der Waals surface area (Å²) in [4.78, 5) is 50.7. The first-order valence-corrected chi connectivity index (χ1v) is 9.16. The molecule has 10 heteroatoms. The summed E-state index contributed by atoms with van der Waals surface area (Å²) < 4.78 is 9.42. The predicted octanol–water partition coefficient (Wildman–Crippen LogP) is 0.454. The van der Waals surface area contributed by atoms with Gasteiger partial charge >= 0.3 is 11.9 Å².